The molecule has 1 rings (SSSR count). The van der Waals surface area contributed by atoms with E-state index in [4.69, 9.17) is 0 Å². The Morgan fingerprint density at radius 1 is 1.24 bits per heavy atom. The summed E-state index contributed by atoms with van der Waals surface area (Å²) >= 11 is 0. The zero-order valence-corrected chi connectivity index (χ0v) is 12.0. The van der Waals surface area contributed by atoms with E-state index in [0.717, 1.165) is 0 Å². The van der Waals surface area contributed by atoms with Gasteiger partial charge >= 0.3 is 0 Å². The van der Waals surface area contributed by atoms with Crippen LogP contribution in [0.1, 0.15) is 33.1 Å². The molecule has 1 aliphatic heterocycles. The number of hydrogen-bond donors (Lipinski definition) is 0. The van der Waals surface area contributed by atoms with E-state index in [-0.39, 0.29) is 0 Å². The van der Waals surface area contributed by atoms with Gasteiger partial charge in [0.25, 0.3) is 0 Å². The van der Waals surface area contributed by atoms with E-state index in [9.17, 15) is 13.0 Å². The number of nitrogens with zero attached hydrogens (tertiary/aromatic N) is 1. The summed E-state index contributed by atoms with van der Waals surface area (Å²) < 4.78 is 30.7. The van der Waals surface area contributed by atoms with E-state index >= 15 is 0 Å². The minimum atomic E-state index is -4.02. The summed E-state index contributed by atoms with van der Waals surface area (Å²) in [5.74, 6) is -0.399. The van der Waals surface area contributed by atoms with Crippen LogP contribution in [0.3, 0.4) is 0 Å². The van der Waals surface area contributed by atoms with Gasteiger partial charge in [-0.1, -0.05) is 12.2 Å². The molecular formula is C12H25NO3S. The molecule has 1 saturated heterocycles. The number of quaternary nitrogens is 1. The van der Waals surface area contributed by atoms with Gasteiger partial charge in [0.15, 0.2) is 0 Å². The van der Waals surface area contributed by atoms with Gasteiger partial charge in [-0.3, -0.25) is 0 Å². The molecule has 0 unspecified atom stereocenters. The minimum Gasteiger partial charge on any atom is -0.748 e. The zero-order valence-electron chi connectivity index (χ0n) is 11.2. The minimum absolute atomic E-state index is 0.399. The molecule has 1 heterocycles. The van der Waals surface area contributed by atoms with Gasteiger partial charge in [0.1, 0.15) is 0 Å². The van der Waals surface area contributed by atoms with Crippen LogP contribution in [0.4, 0.5) is 0 Å². The maximum Gasteiger partial charge on any atom is 0.0982 e. The Labute approximate surface area is 106 Å². The molecule has 5 heteroatoms. The molecule has 0 spiro atoms. The highest BCUT2D eigenvalue weighted by Crippen LogP contribution is 2.14. The topological polar surface area (TPSA) is 57.2 Å². The molecule has 0 atom stereocenters. The van der Waals surface area contributed by atoms with Gasteiger partial charge in [0.05, 0.1) is 42.6 Å². The molecule has 4 nitrogen and oxygen atoms in total. The SMILES string of the molecule is C/C=C/CS(=O)(=O)[O-].CC[N+]1(C)CCCCC1. The van der Waals surface area contributed by atoms with Crippen molar-refractivity contribution < 1.29 is 17.5 Å². The van der Waals surface area contributed by atoms with Crippen LogP contribution in [0.25, 0.3) is 0 Å². The molecular weight excluding hydrogens is 238 g/mol. The van der Waals surface area contributed by atoms with Crippen molar-refractivity contribution in [3.63, 3.8) is 0 Å². The van der Waals surface area contributed by atoms with Crippen molar-refractivity contribution >= 4 is 10.1 Å². The van der Waals surface area contributed by atoms with Gasteiger partial charge < -0.3 is 9.04 Å². The highest BCUT2D eigenvalue weighted by Gasteiger charge is 2.21. The Morgan fingerprint density at radius 2 is 1.76 bits per heavy atom. The predicted molar refractivity (Wildman–Crippen MR) is 69.7 cm³/mol. The van der Waals surface area contributed by atoms with E-state index in [0.29, 0.717) is 0 Å². The van der Waals surface area contributed by atoms with E-state index in [1.165, 1.54) is 55.5 Å². The number of piperidine rings is 1. The maximum atomic E-state index is 9.78. The Hall–Kier alpha value is -0.390. The monoisotopic (exact) mass is 263 g/mol. The van der Waals surface area contributed by atoms with Crippen molar-refractivity contribution in [3.05, 3.63) is 12.2 Å². The predicted octanol–water partition coefficient (Wildman–Crippen LogP) is 1.74. The quantitative estimate of drug-likeness (QED) is 0.443. The summed E-state index contributed by atoms with van der Waals surface area (Å²) in [5.41, 5.74) is 0. The first-order valence-electron chi connectivity index (χ1n) is 6.21. The van der Waals surface area contributed by atoms with Gasteiger partial charge in [-0.05, 0) is 33.1 Å². The molecule has 0 aromatic heterocycles. The van der Waals surface area contributed by atoms with Crippen LogP contribution in [-0.4, -0.2) is 49.9 Å². The van der Waals surface area contributed by atoms with Crippen LogP contribution in [0, 0.1) is 0 Å². The van der Waals surface area contributed by atoms with Crippen molar-refractivity contribution in [2.75, 3.05) is 32.4 Å². The van der Waals surface area contributed by atoms with Crippen LogP contribution in [0.2, 0.25) is 0 Å². The first-order chi connectivity index (χ1) is 7.83. The normalized spacial score (nSPS) is 19.8. The van der Waals surface area contributed by atoms with Crippen LogP contribution in [0.15, 0.2) is 12.2 Å². The number of hydrogen-bond acceptors (Lipinski definition) is 3. The maximum absolute atomic E-state index is 9.78. The summed E-state index contributed by atoms with van der Waals surface area (Å²) in [6.45, 7) is 8.10. The van der Waals surface area contributed by atoms with Crippen molar-refractivity contribution in [2.24, 2.45) is 0 Å². The Balaban J connectivity index is 0.000000304. The van der Waals surface area contributed by atoms with Crippen LogP contribution in [-0.2, 0) is 10.1 Å². The van der Waals surface area contributed by atoms with E-state index in [1.54, 1.807) is 6.92 Å². The highest BCUT2D eigenvalue weighted by molar-refractivity contribution is 7.85. The third-order valence-corrected chi connectivity index (χ3v) is 3.80. The van der Waals surface area contributed by atoms with Crippen LogP contribution < -0.4 is 0 Å². The highest BCUT2D eigenvalue weighted by atomic mass is 32.2. The third kappa shape index (κ3) is 9.32. The van der Waals surface area contributed by atoms with E-state index in [1.807, 2.05) is 0 Å². The van der Waals surface area contributed by atoms with Crippen molar-refractivity contribution in [1.82, 2.24) is 0 Å². The van der Waals surface area contributed by atoms with Gasteiger partial charge in [0, 0.05) is 0 Å². The fraction of sp³-hybridized carbons (Fsp3) is 0.833. The summed E-state index contributed by atoms with van der Waals surface area (Å²) in [6.07, 6.45) is 7.19. The fourth-order valence-corrected chi connectivity index (χ4v) is 2.23. The smallest absolute Gasteiger partial charge is 0.0982 e. The van der Waals surface area contributed by atoms with E-state index < -0.39 is 15.9 Å². The van der Waals surface area contributed by atoms with Crippen molar-refractivity contribution in [1.29, 1.82) is 0 Å². The first-order valence-corrected chi connectivity index (χ1v) is 7.79. The molecule has 0 bridgehead atoms. The molecule has 1 fully saturated rings. The van der Waals surface area contributed by atoms with Crippen LogP contribution >= 0.6 is 0 Å². The average molecular weight is 263 g/mol. The fourth-order valence-electron chi connectivity index (χ4n) is 1.81. The first kappa shape index (κ1) is 16.6. The summed E-state index contributed by atoms with van der Waals surface area (Å²) in [4.78, 5) is 0. The lowest BCUT2D eigenvalue weighted by molar-refractivity contribution is -0.912. The third-order valence-electron chi connectivity index (χ3n) is 3.20. The molecule has 0 amide bonds. The Bertz CT molecular complexity index is 317. The lowest BCUT2D eigenvalue weighted by Gasteiger charge is -2.36. The van der Waals surface area contributed by atoms with Gasteiger partial charge in [-0.2, -0.15) is 0 Å². The molecule has 1 aliphatic rings. The Kier molecular flexibility index (Phi) is 7.66. The molecule has 0 aromatic carbocycles. The summed E-state index contributed by atoms with van der Waals surface area (Å²) in [7, 11) is -1.65. The number of allylic oxidation sites excluding steroid dienone is 1. The second-order valence-corrected chi connectivity index (χ2v) is 6.19. The standard InChI is InChI=1S/C8H18N.C4H8O3S/c1-3-9(2)7-5-4-6-8-9;1-2-3-4-8(5,6)7/h3-8H2,1-2H3;2-3H,4H2,1H3,(H,5,6,7)/q+1;/p-1/b;3-2+. The lowest BCUT2D eigenvalue weighted by atomic mass is 10.1. The van der Waals surface area contributed by atoms with Crippen molar-refractivity contribution in [3.8, 4) is 0 Å². The number of likely N-dealkylation sites (tertiary alicyclic amines) is 1. The van der Waals surface area contributed by atoms with Gasteiger partial charge in [0.2, 0.25) is 0 Å². The summed E-state index contributed by atoms with van der Waals surface area (Å²) in [6, 6.07) is 0. The molecule has 17 heavy (non-hydrogen) atoms. The molecule has 0 aromatic rings. The second kappa shape index (κ2) is 7.84. The molecule has 0 radical (unpaired) electrons. The van der Waals surface area contributed by atoms with E-state index in [2.05, 4.69) is 14.0 Å². The van der Waals surface area contributed by atoms with Gasteiger partial charge in [-0.25, -0.2) is 8.42 Å². The number of rotatable bonds is 3. The molecule has 0 N–H and O–H groups in total. The molecule has 102 valence electrons. The summed E-state index contributed by atoms with van der Waals surface area (Å²) in [5, 5.41) is 0. The molecule has 0 saturated carbocycles. The molecule has 0 aliphatic carbocycles. The second-order valence-electron chi connectivity index (χ2n) is 4.74. The van der Waals surface area contributed by atoms with Crippen LogP contribution in [0.5, 0.6) is 0 Å². The van der Waals surface area contributed by atoms with Crippen molar-refractivity contribution in [2.45, 2.75) is 33.1 Å². The Morgan fingerprint density at radius 3 is 2.00 bits per heavy atom. The average Bonchev–Trinajstić information content (AvgIpc) is 2.27. The zero-order chi connectivity index (χ0) is 13.4. The largest absolute Gasteiger partial charge is 0.748 e. The van der Waals surface area contributed by atoms with Gasteiger partial charge in [-0.15, -0.1) is 0 Å². The lowest BCUT2D eigenvalue weighted by Crippen LogP contribution is -2.47.